The van der Waals surface area contributed by atoms with Crippen molar-refractivity contribution in [3.8, 4) is 0 Å². The molecular formula is C25H26N4O3S. The molecule has 1 aliphatic heterocycles. The zero-order valence-corrected chi connectivity index (χ0v) is 19.7. The van der Waals surface area contributed by atoms with Crippen LogP contribution in [0.15, 0.2) is 60.0 Å². The number of urea groups is 1. The Bertz CT molecular complexity index is 1180. The average Bonchev–Trinajstić information content (AvgIpc) is 3.34. The van der Waals surface area contributed by atoms with Gasteiger partial charge in [-0.2, -0.15) is 0 Å². The van der Waals surface area contributed by atoms with Crippen LogP contribution < -0.4 is 10.2 Å². The van der Waals surface area contributed by atoms with Crippen molar-refractivity contribution in [2.75, 3.05) is 4.90 Å². The van der Waals surface area contributed by atoms with Gasteiger partial charge in [-0.3, -0.25) is 19.4 Å². The molecule has 0 bridgehead atoms. The minimum Gasteiger partial charge on any atom is -0.319 e. The number of nitrogens with zero attached hydrogens (tertiary/aromatic N) is 3. The molecule has 4 rings (SSSR count). The Morgan fingerprint density at radius 1 is 1.12 bits per heavy atom. The van der Waals surface area contributed by atoms with E-state index in [2.05, 4.69) is 17.2 Å². The second-order valence-electron chi connectivity index (χ2n) is 8.20. The number of thiazole rings is 1. The number of carbonyl (C=O) groups excluding carboxylic acids is 3. The number of aromatic nitrogens is 1. The standard InChI is InChI=1S/C25H26N4O3S/c1-4-8-18-11-13-19(14-12-18)25(3)22(31)28(23(32)27-25)15-20-16-33-24(26-20)29(17(2)30)21-9-6-5-7-10-21/h5-7,9-14,16H,4,8,15H2,1-3H3,(H,27,32). The number of para-hydroxylation sites is 1. The first-order valence-electron chi connectivity index (χ1n) is 10.9. The van der Waals surface area contributed by atoms with Crippen LogP contribution >= 0.6 is 11.3 Å². The van der Waals surface area contributed by atoms with E-state index in [-0.39, 0.29) is 18.4 Å². The van der Waals surface area contributed by atoms with Crippen LogP contribution in [0.4, 0.5) is 15.6 Å². The van der Waals surface area contributed by atoms with Crippen LogP contribution in [0.25, 0.3) is 0 Å². The fourth-order valence-electron chi connectivity index (χ4n) is 3.97. The van der Waals surface area contributed by atoms with E-state index in [1.807, 2.05) is 54.6 Å². The summed E-state index contributed by atoms with van der Waals surface area (Å²) in [7, 11) is 0. The van der Waals surface area contributed by atoms with E-state index < -0.39 is 11.6 Å². The Morgan fingerprint density at radius 3 is 2.45 bits per heavy atom. The third-order valence-corrected chi connectivity index (χ3v) is 6.60. The van der Waals surface area contributed by atoms with Crippen molar-refractivity contribution < 1.29 is 14.4 Å². The fraction of sp³-hybridized carbons (Fsp3) is 0.280. The van der Waals surface area contributed by atoms with Crippen LogP contribution in [0, 0.1) is 0 Å². The van der Waals surface area contributed by atoms with Gasteiger partial charge in [-0.25, -0.2) is 9.78 Å². The van der Waals surface area contributed by atoms with Crippen molar-refractivity contribution >= 4 is 40.0 Å². The van der Waals surface area contributed by atoms with Crippen molar-refractivity contribution in [2.24, 2.45) is 0 Å². The molecule has 0 radical (unpaired) electrons. The molecule has 4 amide bonds. The van der Waals surface area contributed by atoms with Crippen molar-refractivity contribution in [3.63, 3.8) is 0 Å². The number of hydrogen-bond acceptors (Lipinski definition) is 5. The maximum atomic E-state index is 13.3. The predicted octanol–water partition coefficient (Wildman–Crippen LogP) is 4.75. The normalized spacial score (nSPS) is 17.8. The molecular weight excluding hydrogens is 436 g/mol. The summed E-state index contributed by atoms with van der Waals surface area (Å²) in [5, 5.41) is 5.10. The van der Waals surface area contributed by atoms with Crippen molar-refractivity contribution in [1.29, 1.82) is 0 Å². The number of imide groups is 1. The van der Waals surface area contributed by atoms with Crippen LogP contribution in [0.1, 0.15) is 44.0 Å². The van der Waals surface area contributed by atoms with Crippen LogP contribution in [-0.4, -0.2) is 27.7 Å². The van der Waals surface area contributed by atoms with Gasteiger partial charge < -0.3 is 5.32 Å². The molecule has 170 valence electrons. The minimum atomic E-state index is -1.13. The quantitative estimate of drug-likeness (QED) is 0.514. The summed E-state index contributed by atoms with van der Waals surface area (Å²) in [5.41, 5.74) is 2.06. The molecule has 0 spiro atoms. The minimum absolute atomic E-state index is 0.0329. The summed E-state index contributed by atoms with van der Waals surface area (Å²) < 4.78 is 0. The van der Waals surface area contributed by atoms with Gasteiger partial charge in [0.1, 0.15) is 5.54 Å². The molecule has 0 aliphatic carbocycles. The van der Waals surface area contributed by atoms with Crippen LogP contribution in [0.5, 0.6) is 0 Å². The molecule has 1 saturated heterocycles. The maximum Gasteiger partial charge on any atom is 0.325 e. The van der Waals surface area contributed by atoms with Gasteiger partial charge in [0, 0.05) is 12.3 Å². The molecule has 0 saturated carbocycles. The lowest BCUT2D eigenvalue weighted by Gasteiger charge is -2.22. The van der Waals surface area contributed by atoms with Crippen LogP contribution in [0.2, 0.25) is 0 Å². The smallest absolute Gasteiger partial charge is 0.319 e. The van der Waals surface area contributed by atoms with Crippen LogP contribution in [-0.2, 0) is 28.1 Å². The van der Waals surface area contributed by atoms with E-state index in [0.29, 0.717) is 16.5 Å². The molecule has 1 fully saturated rings. The number of hydrogen-bond donors (Lipinski definition) is 1. The summed E-state index contributed by atoms with van der Waals surface area (Å²) in [4.78, 5) is 45.5. The molecule has 1 atom stereocenters. The largest absolute Gasteiger partial charge is 0.325 e. The molecule has 3 aromatic rings. The molecule has 33 heavy (non-hydrogen) atoms. The van der Waals surface area contributed by atoms with Gasteiger partial charge in [0.05, 0.1) is 17.9 Å². The number of carbonyl (C=O) groups is 3. The summed E-state index contributed by atoms with van der Waals surface area (Å²) in [5.74, 6) is -0.493. The van der Waals surface area contributed by atoms with Gasteiger partial charge in [-0.05, 0) is 36.6 Å². The lowest BCUT2D eigenvalue weighted by molar-refractivity contribution is -0.131. The highest BCUT2D eigenvalue weighted by molar-refractivity contribution is 7.14. The second kappa shape index (κ2) is 9.15. The Morgan fingerprint density at radius 2 is 1.82 bits per heavy atom. The Balaban J connectivity index is 1.54. The fourth-order valence-corrected chi connectivity index (χ4v) is 4.85. The van der Waals surface area contributed by atoms with Gasteiger partial charge in [-0.15, -0.1) is 11.3 Å². The van der Waals surface area contributed by atoms with Gasteiger partial charge in [0.2, 0.25) is 5.91 Å². The van der Waals surface area contributed by atoms with E-state index in [4.69, 9.17) is 0 Å². The van der Waals surface area contributed by atoms with E-state index in [1.165, 1.54) is 33.6 Å². The van der Waals surface area contributed by atoms with Gasteiger partial charge >= 0.3 is 6.03 Å². The first-order chi connectivity index (χ1) is 15.8. The molecule has 7 nitrogen and oxygen atoms in total. The van der Waals surface area contributed by atoms with Crippen LogP contribution in [0.3, 0.4) is 0 Å². The Labute approximate surface area is 197 Å². The molecule has 1 aliphatic rings. The highest BCUT2D eigenvalue weighted by Gasteiger charge is 2.49. The summed E-state index contributed by atoms with van der Waals surface area (Å²) >= 11 is 1.29. The molecule has 1 unspecified atom stereocenters. The molecule has 1 aromatic heterocycles. The third kappa shape index (κ3) is 4.39. The number of amides is 4. The van der Waals surface area contributed by atoms with Crippen molar-refractivity contribution in [1.82, 2.24) is 15.2 Å². The molecule has 8 heteroatoms. The molecule has 1 N–H and O–H groups in total. The Hall–Kier alpha value is -3.52. The first-order valence-corrected chi connectivity index (χ1v) is 11.7. The monoisotopic (exact) mass is 462 g/mol. The van der Waals surface area contributed by atoms with E-state index >= 15 is 0 Å². The lowest BCUT2D eigenvalue weighted by Crippen LogP contribution is -2.40. The van der Waals surface area contributed by atoms with E-state index in [9.17, 15) is 14.4 Å². The van der Waals surface area contributed by atoms with E-state index in [0.717, 1.165) is 18.4 Å². The summed E-state index contributed by atoms with van der Waals surface area (Å²) in [6, 6.07) is 16.6. The summed E-state index contributed by atoms with van der Waals surface area (Å²) in [6.07, 6.45) is 2.01. The molecule has 2 heterocycles. The Kier molecular flexibility index (Phi) is 6.29. The number of aryl methyl sites for hydroxylation is 1. The predicted molar refractivity (Wildman–Crippen MR) is 128 cm³/mol. The zero-order valence-electron chi connectivity index (χ0n) is 18.9. The van der Waals surface area contributed by atoms with Gasteiger partial charge in [0.25, 0.3) is 5.91 Å². The molecule has 2 aromatic carbocycles. The van der Waals surface area contributed by atoms with E-state index in [1.54, 1.807) is 12.3 Å². The zero-order chi connectivity index (χ0) is 23.6. The highest BCUT2D eigenvalue weighted by atomic mass is 32.1. The number of rotatable bonds is 7. The van der Waals surface area contributed by atoms with Crippen molar-refractivity contribution in [2.45, 2.75) is 45.7 Å². The van der Waals surface area contributed by atoms with Gasteiger partial charge in [-0.1, -0.05) is 55.8 Å². The van der Waals surface area contributed by atoms with Gasteiger partial charge in [0.15, 0.2) is 5.13 Å². The van der Waals surface area contributed by atoms with Crippen molar-refractivity contribution in [3.05, 3.63) is 76.8 Å². The topological polar surface area (TPSA) is 82.6 Å². The first kappa shape index (κ1) is 22.7. The number of nitrogens with one attached hydrogen (secondary N) is 1. The lowest BCUT2D eigenvalue weighted by atomic mass is 9.91. The summed E-state index contributed by atoms with van der Waals surface area (Å²) in [6.45, 7) is 5.35. The maximum absolute atomic E-state index is 13.3. The number of anilines is 2. The highest BCUT2D eigenvalue weighted by Crippen LogP contribution is 2.32. The second-order valence-corrected chi connectivity index (χ2v) is 9.04. The SMILES string of the molecule is CCCc1ccc(C2(C)NC(=O)N(Cc3csc(N(C(C)=O)c4ccccc4)n3)C2=O)cc1. The third-order valence-electron chi connectivity index (χ3n) is 5.73. The number of benzene rings is 2. The average molecular weight is 463 g/mol.